The van der Waals surface area contributed by atoms with Crippen molar-refractivity contribution in [1.82, 2.24) is 24.9 Å². The Balaban J connectivity index is 1.77. The number of anilines is 2. The van der Waals surface area contributed by atoms with E-state index in [-0.39, 0.29) is 24.1 Å². The fraction of sp³-hybridized carbons (Fsp3) is 0.444. The van der Waals surface area contributed by atoms with E-state index in [4.69, 9.17) is 4.98 Å². The third-order valence-electron chi connectivity index (χ3n) is 6.74. The molecule has 1 fully saturated rings. The fourth-order valence-corrected chi connectivity index (χ4v) is 4.39. The largest absolute Gasteiger partial charge is 0.355 e. The number of rotatable bonds is 11. The minimum absolute atomic E-state index is 0.0449. The van der Waals surface area contributed by atoms with Gasteiger partial charge in [-0.25, -0.2) is 24.3 Å². The lowest BCUT2D eigenvalue weighted by atomic mass is 10.1. The summed E-state index contributed by atoms with van der Waals surface area (Å²) in [5, 5.41) is 3.02. The van der Waals surface area contributed by atoms with Gasteiger partial charge in [-0.05, 0) is 51.5 Å². The molecule has 1 aliphatic rings. The van der Waals surface area contributed by atoms with Crippen molar-refractivity contribution in [1.29, 1.82) is 0 Å². The van der Waals surface area contributed by atoms with Crippen LogP contribution < -0.4 is 10.2 Å². The highest BCUT2D eigenvalue weighted by molar-refractivity contribution is 7.98. The fourth-order valence-electron chi connectivity index (χ4n) is 4.03. The van der Waals surface area contributed by atoms with Crippen LogP contribution in [0.5, 0.6) is 0 Å². The maximum Gasteiger partial charge on any atom is 0.185 e. The number of carbonyl (C=O) groups is 1. The number of amidine groups is 1. The lowest BCUT2D eigenvalue weighted by Crippen LogP contribution is -2.31. The molecule has 3 aromatic rings. The molecule has 11 heteroatoms. The topological polar surface area (TPSA) is 109 Å². The Morgan fingerprint density at radius 2 is 2.08 bits per heavy atom. The summed E-state index contributed by atoms with van der Waals surface area (Å²) in [6, 6.07) is 3.92. The van der Waals surface area contributed by atoms with Crippen LogP contribution in [-0.2, 0) is 18.0 Å². The second-order valence-corrected chi connectivity index (χ2v) is 10.2. The van der Waals surface area contributed by atoms with Crippen LogP contribution in [0.1, 0.15) is 61.8 Å². The molecule has 0 bridgehead atoms. The molecule has 3 aromatic heterocycles. The number of hydrogen-bond acceptors (Lipinski definition) is 9. The molecule has 200 valence electrons. The van der Waals surface area contributed by atoms with Gasteiger partial charge in [-0.1, -0.05) is 6.92 Å². The number of hydrogen-bond donors (Lipinski definition) is 1. The van der Waals surface area contributed by atoms with Crippen molar-refractivity contribution in [2.45, 2.75) is 70.1 Å². The average molecular weight is 537 g/mol. The van der Waals surface area contributed by atoms with Crippen LogP contribution in [0, 0.1) is 6.92 Å². The van der Waals surface area contributed by atoms with Crippen molar-refractivity contribution in [2.75, 3.05) is 23.5 Å². The first-order chi connectivity index (χ1) is 18.4. The van der Waals surface area contributed by atoms with E-state index in [0.29, 0.717) is 35.2 Å². The number of aliphatic imine (C=N–C) groups is 1. The molecular weight excluding hydrogens is 503 g/mol. The Morgan fingerprint density at radius 1 is 1.29 bits per heavy atom. The Labute approximate surface area is 226 Å². The molecule has 1 saturated carbocycles. The second kappa shape index (κ2) is 12.4. The van der Waals surface area contributed by atoms with Crippen molar-refractivity contribution < 1.29 is 9.18 Å². The quantitative estimate of drug-likeness (QED) is 0.154. The van der Waals surface area contributed by atoms with Gasteiger partial charge in [0, 0.05) is 30.1 Å². The Kier molecular flexibility index (Phi) is 8.98. The number of halogens is 1. The number of thioether (sulfide) groups is 1. The molecule has 4 rings (SSSR count). The van der Waals surface area contributed by atoms with Crippen LogP contribution in [-0.4, -0.2) is 56.4 Å². The van der Waals surface area contributed by atoms with Crippen LogP contribution in [0.3, 0.4) is 0 Å². The number of nitrogens with zero attached hydrogens (tertiary/aromatic N) is 7. The standard InChI is InChI=1S/C27H33FN8OS/c1-6-16(2)36(4)27-25(34-22(14-37)30-12-19-9-10-20(38-5)13-29-19)21(11-28)33-26(35-27)23-17(3)31-15-32-24(23)18-7-8-18/h9-10,13-16,18H,6-8,11-12H2,1-5H3,(H,30,34)/t16-/m1/s1. The predicted molar refractivity (Wildman–Crippen MR) is 150 cm³/mol. The van der Waals surface area contributed by atoms with E-state index in [1.54, 1.807) is 24.3 Å². The average Bonchev–Trinajstić information content (AvgIpc) is 3.80. The summed E-state index contributed by atoms with van der Waals surface area (Å²) in [4.78, 5) is 42.2. The molecule has 38 heavy (non-hydrogen) atoms. The normalized spacial score (nSPS) is 14.3. The van der Waals surface area contributed by atoms with Gasteiger partial charge in [0.05, 0.1) is 29.2 Å². The van der Waals surface area contributed by atoms with Gasteiger partial charge in [0.15, 0.2) is 23.8 Å². The number of aromatic nitrogens is 5. The van der Waals surface area contributed by atoms with Gasteiger partial charge in [-0.2, -0.15) is 0 Å². The van der Waals surface area contributed by atoms with Gasteiger partial charge < -0.3 is 10.2 Å². The number of aldehydes is 1. The third kappa shape index (κ3) is 6.15. The van der Waals surface area contributed by atoms with Crippen molar-refractivity contribution in [2.24, 2.45) is 4.99 Å². The minimum atomic E-state index is -0.853. The smallest absolute Gasteiger partial charge is 0.185 e. The van der Waals surface area contributed by atoms with Crippen molar-refractivity contribution >= 4 is 35.4 Å². The van der Waals surface area contributed by atoms with Crippen LogP contribution >= 0.6 is 11.8 Å². The predicted octanol–water partition coefficient (Wildman–Crippen LogP) is 5.15. The summed E-state index contributed by atoms with van der Waals surface area (Å²) in [7, 11) is 1.90. The van der Waals surface area contributed by atoms with Crippen LogP contribution in [0.2, 0.25) is 0 Å². The van der Waals surface area contributed by atoms with Crippen LogP contribution in [0.25, 0.3) is 11.4 Å². The monoisotopic (exact) mass is 536 g/mol. The first kappa shape index (κ1) is 27.6. The van der Waals surface area contributed by atoms with Gasteiger partial charge in [0.2, 0.25) is 0 Å². The van der Waals surface area contributed by atoms with E-state index in [1.807, 2.05) is 37.3 Å². The van der Waals surface area contributed by atoms with Crippen molar-refractivity contribution in [3.8, 4) is 11.4 Å². The van der Waals surface area contributed by atoms with E-state index in [0.717, 1.165) is 41.1 Å². The zero-order valence-corrected chi connectivity index (χ0v) is 23.2. The molecular formula is C27H33FN8OS. The number of carbonyl (C=O) groups excluding carboxylic acids is 1. The Morgan fingerprint density at radius 3 is 2.68 bits per heavy atom. The first-order valence-corrected chi connectivity index (χ1v) is 13.9. The van der Waals surface area contributed by atoms with Crippen molar-refractivity contribution in [3.63, 3.8) is 0 Å². The zero-order chi connectivity index (χ0) is 27.2. The minimum Gasteiger partial charge on any atom is -0.355 e. The highest BCUT2D eigenvalue weighted by Gasteiger charge is 2.31. The van der Waals surface area contributed by atoms with Crippen LogP contribution in [0.15, 0.2) is 34.5 Å². The van der Waals surface area contributed by atoms with Gasteiger partial charge in [0.1, 0.15) is 24.4 Å². The summed E-state index contributed by atoms with van der Waals surface area (Å²) < 4.78 is 14.5. The molecule has 1 N–H and O–H groups in total. The SMILES string of the molecule is CC[C@@H](C)N(C)c1nc(-c2c(C)ncnc2C2CC2)nc(CF)c1NC(C=O)=NCc1ccc(SC)cn1. The Bertz CT molecular complexity index is 1310. The van der Waals surface area contributed by atoms with E-state index in [9.17, 15) is 9.18 Å². The van der Waals surface area contributed by atoms with Gasteiger partial charge in [-0.15, -0.1) is 11.8 Å². The highest BCUT2D eigenvalue weighted by Crippen LogP contribution is 2.44. The molecule has 1 aliphatic carbocycles. The van der Waals surface area contributed by atoms with E-state index in [1.165, 1.54) is 0 Å². The third-order valence-corrected chi connectivity index (χ3v) is 7.45. The molecule has 0 radical (unpaired) electrons. The van der Waals surface area contributed by atoms with E-state index < -0.39 is 6.67 Å². The number of pyridine rings is 1. The molecule has 0 unspecified atom stereocenters. The van der Waals surface area contributed by atoms with Crippen molar-refractivity contribution in [3.05, 3.63) is 47.4 Å². The summed E-state index contributed by atoms with van der Waals surface area (Å²) >= 11 is 1.60. The number of alkyl halides is 1. The Hall–Kier alpha value is -3.47. The lowest BCUT2D eigenvalue weighted by Gasteiger charge is -2.28. The van der Waals surface area contributed by atoms with E-state index in [2.05, 4.69) is 44.1 Å². The molecule has 0 aromatic carbocycles. The van der Waals surface area contributed by atoms with Crippen LogP contribution in [0.4, 0.5) is 15.9 Å². The summed E-state index contributed by atoms with van der Waals surface area (Å²) in [6.45, 7) is 5.37. The first-order valence-electron chi connectivity index (χ1n) is 12.7. The highest BCUT2D eigenvalue weighted by atomic mass is 32.2. The molecule has 3 heterocycles. The molecule has 9 nitrogen and oxygen atoms in total. The lowest BCUT2D eigenvalue weighted by molar-refractivity contribution is -0.102. The summed E-state index contributed by atoms with van der Waals surface area (Å²) in [5.74, 6) is 1.25. The molecule has 0 amide bonds. The number of aryl methyl sites for hydroxylation is 1. The maximum atomic E-state index is 14.5. The number of nitrogens with one attached hydrogen (secondary N) is 1. The van der Waals surface area contributed by atoms with Gasteiger partial charge in [0.25, 0.3) is 0 Å². The molecule has 0 saturated heterocycles. The van der Waals surface area contributed by atoms with Gasteiger partial charge in [-0.3, -0.25) is 14.8 Å². The summed E-state index contributed by atoms with van der Waals surface area (Å²) in [6.07, 6.45) is 8.85. The van der Waals surface area contributed by atoms with E-state index >= 15 is 0 Å². The molecule has 0 aliphatic heterocycles. The molecule has 0 spiro atoms. The zero-order valence-electron chi connectivity index (χ0n) is 22.4. The summed E-state index contributed by atoms with van der Waals surface area (Å²) in [5.41, 5.74) is 3.57. The second-order valence-electron chi connectivity index (χ2n) is 9.32. The maximum absolute atomic E-state index is 14.5. The van der Waals surface area contributed by atoms with Gasteiger partial charge >= 0.3 is 0 Å². The molecule has 1 atom stereocenters.